The number of hydrogen-bond acceptors (Lipinski definition) is 5. The summed E-state index contributed by atoms with van der Waals surface area (Å²) in [6.45, 7) is 13.3. The summed E-state index contributed by atoms with van der Waals surface area (Å²) in [5, 5.41) is 19.6. The molecular weight excluding hydrogens is 254 g/mol. The van der Waals surface area contributed by atoms with E-state index in [4.69, 9.17) is 21.7 Å². The molecule has 2 unspecified atom stereocenters. The van der Waals surface area contributed by atoms with Crippen molar-refractivity contribution in [2.75, 3.05) is 19.8 Å². The second kappa shape index (κ2) is 10.5. The van der Waals surface area contributed by atoms with Crippen LogP contribution in [-0.4, -0.2) is 41.7 Å². The van der Waals surface area contributed by atoms with Gasteiger partial charge in [0, 0.05) is 12.6 Å². The van der Waals surface area contributed by atoms with E-state index in [2.05, 4.69) is 33.0 Å². The number of hydrogen-bond donors (Lipinski definition) is 5. The van der Waals surface area contributed by atoms with Gasteiger partial charge in [-0.1, -0.05) is 40.5 Å². The molecular formula is C15H37N3O2. The molecule has 0 aromatic heterocycles. The molecule has 7 N–H and O–H groups in total. The lowest BCUT2D eigenvalue weighted by Gasteiger charge is -2.43. The molecule has 0 heterocycles. The first-order chi connectivity index (χ1) is 9.04. The van der Waals surface area contributed by atoms with Gasteiger partial charge in [-0.3, -0.25) is 0 Å². The normalized spacial score (nSPS) is 15.3. The molecule has 0 radical (unpaired) electrons. The summed E-state index contributed by atoms with van der Waals surface area (Å²) in [6, 6.07) is 0.0992. The van der Waals surface area contributed by atoms with Gasteiger partial charge >= 0.3 is 0 Å². The first kappa shape index (κ1) is 22.1. The third-order valence-electron chi connectivity index (χ3n) is 4.22. The van der Waals surface area contributed by atoms with E-state index in [-0.39, 0.29) is 24.7 Å². The predicted molar refractivity (Wildman–Crippen MR) is 86.3 cm³/mol. The zero-order valence-electron chi connectivity index (χ0n) is 14.2. The van der Waals surface area contributed by atoms with E-state index >= 15 is 0 Å². The van der Waals surface area contributed by atoms with Gasteiger partial charge in [-0.2, -0.15) is 0 Å². The summed E-state index contributed by atoms with van der Waals surface area (Å²) in [4.78, 5) is 0. The van der Waals surface area contributed by atoms with E-state index in [9.17, 15) is 0 Å². The van der Waals surface area contributed by atoms with Crippen molar-refractivity contribution in [3.05, 3.63) is 0 Å². The molecule has 0 spiro atoms. The molecule has 0 aromatic rings. The average Bonchev–Trinajstić information content (AvgIpc) is 2.35. The van der Waals surface area contributed by atoms with E-state index in [0.717, 1.165) is 0 Å². The van der Waals surface area contributed by atoms with Crippen molar-refractivity contribution in [1.82, 2.24) is 5.32 Å². The Morgan fingerprint density at radius 3 is 1.90 bits per heavy atom. The summed E-state index contributed by atoms with van der Waals surface area (Å²) < 4.78 is 0. The first-order valence-corrected chi connectivity index (χ1v) is 7.57. The summed E-state index contributed by atoms with van der Waals surface area (Å²) in [5.74, 6) is 0.572. The van der Waals surface area contributed by atoms with E-state index in [0.29, 0.717) is 12.5 Å². The topological polar surface area (TPSA) is 105 Å². The number of nitrogens with two attached hydrogens (primary N) is 2. The highest BCUT2D eigenvalue weighted by Gasteiger charge is 2.38. The molecule has 0 aromatic carbocycles. The highest BCUT2D eigenvalue weighted by molar-refractivity contribution is 4.91. The van der Waals surface area contributed by atoms with Gasteiger partial charge in [0.25, 0.3) is 0 Å². The SMILES string of the molecule is CC(CO)NCCO.CCCC(C)C(C)(C)C(C)(N)N. The molecule has 124 valence electrons. The van der Waals surface area contributed by atoms with Crippen molar-refractivity contribution in [2.45, 2.75) is 66.1 Å². The quantitative estimate of drug-likeness (QED) is 0.430. The van der Waals surface area contributed by atoms with Crippen LogP contribution in [0, 0.1) is 11.3 Å². The molecule has 5 nitrogen and oxygen atoms in total. The van der Waals surface area contributed by atoms with Crippen LogP contribution in [-0.2, 0) is 0 Å². The number of rotatable bonds is 8. The van der Waals surface area contributed by atoms with Crippen LogP contribution in [0.4, 0.5) is 0 Å². The predicted octanol–water partition coefficient (Wildman–Crippen LogP) is 1.03. The molecule has 2 atom stereocenters. The molecule has 0 aliphatic rings. The lowest BCUT2D eigenvalue weighted by molar-refractivity contribution is 0.103. The molecule has 0 fully saturated rings. The molecule has 20 heavy (non-hydrogen) atoms. The Balaban J connectivity index is 0. The van der Waals surface area contributed by atoms with E-state index in [1.165, 1.54) is 12.8 Å². The third-order valence-corrected chi connectivity index (χ3v) is 4.22. The molecule has 0 aliphatic heterocycles. The summed E-state index contributed by atoms with van der Waals surface area (Å²) >= 11 is 0. The molecule has 0 rings (SSSR count). The fourth-order valence-corrected chi connectivity index (χ4v) is 1.70. The van der Waals surface area contributed by atoms with Crippen LogP contribution in [0.5, 0.6) is 0 Å². The molecule has 5 heteroatoms. The fourth-order valence-electron chi connectivity index (χ4n) is 1.70. The second-order valence-corrected chi connectivity index (χ2v) is 6.46. The summed E-state index contributed by atoms with van der Waals surface area (Å²) in [5.41, 5.74) is 11.3. The van der Waals surface area contributed by atoms with E-state index in [1.54, 1.807) is 0 Å². The van der Waals surface area contributed by atoms with Gasteiger partial charge in [-0.25, -0.2) is 0 Å². The van der Waals surface area contributed by atoms with Crippen molar-refractivity contribution in [2.24, 2.45) is 22.8 Å². The van der Waals surface area contributed by atoms with Crippen molar-refractivity contribution in [1.29, 1.82) is 0 Å². The number of nitrogens with one attached hydrogen (secondary N) is 1. The maximum atomic E-state index is 8.42. The smallest absolute Gasteiger partial charge is 0.0662 e. The average molecular weight is 291 g/mol. The van der Waals surface area contributed by atoms with E-state index < -0.39 is 5.66 Å². The lowest BCUT2D eigenvalue weighted by atomic mass is 9.69. The molecule has 0 amide bonds. The molecule has 0 bridgehead atoms. The van der Waals surface area contributed by atoms with Crippen LogP contribution in [0.15, 0.2) is 0 Å². The lowest BCUT2D eigenvalue weighted by Crippen LogP contribution is -2.60. The van der Waals surface area contributed by atoms with Crippen molar-refractivity contribution < 1.29 is 10.2 Å². The minimum Gasteiger partial charge on any atom is -0.395 e. The number of aliphatic hydroxyl groups excluding tert-OH is 2. The minimum absolute atomic E-state index is 0.00299. The van der Waals surface area contributed by atoms with Crippen LogP contribution in [0.1, 0.15) is 54.4 Å². The Hall–Kier alpha value is -0.200. The van der Waals surface area contributed by atoms with Crippen LogP contribution < -0.4 is 16.8 Å². The summed E-state index contributed by atoms with van der Waals surface area (Å²) in [7, 11) is 0. The van der Waals surface area contributed by atoms with Crippen LogP contribution in [0.2, 0.25) is 0 Å². The fraction of sp³-hybridized carbons (Fsp3) is 1.00. The van der Waals surface area contributed by atoms with Crippen molar-refractivity contribution in [3.8, 4) is 0 Å². The van der Waals surface area contributed by atoms with Crippen molar-refractivity contribution in [3.63, 3.8) is 0 Å². The van der Waals surface area contributed by atoms with Gasteiger partial charge in [0.05, 0.1) is 18.9 Å². The Labute approximate surface area is 125 Å². The van der Waals surface area contributed by atoms with Gasteiger partial charge in [-0.15, -0.1) is 0 Å². The zero-order chi connectivity index (χ0) is 16.4. The third kappa shape index (κ3) is 8.87. The highest BCUT2D eigenvalue weighted by Crippen LogP contribution is 2.36. The van der Waals surface area contributed by atoms with Crippen LogP contribution >= 0.6 is 0 Å². The van der Waals surface area contributed by atoms with Gasteiger partial charge in [-0.05, 0) is 25.2 Å². The van der Waals surface area contributed by atoms with Crippen molar-refractivity contribution >= 4 is 0 Å². The van der Waals surface area contributed by atoms with Crippen LogP contribution in [0.25, 0.3) is 0 Å². The zero-order valence-corrected chi connectivity index (χ0v) is 14.2. The van der Waals surface area contributed by atoms with Gasteiger partial charge in [0.15, 0.2) is 0 Å². The van der Waals surface area contributed by atoms with Gasteiger partial charge in [0.1, 0.15) is 0 Å². The Bertz CT molecular complexity index is 228. The highest BCUT2D eigenvalue weighted by atomic mass is 16.3. The molecule has 0 saturated carbocycles. The summed E-state index contributed by atoms with van der Waals surface area (Å²) in [6.07, 6.45) is 2.39. The standard InChI is InChI=1S/C10H24N2.C5H13NO2/c1-6-7-8(2)9(3,4)10(5,11)12;1-5(4-8)6-2-3-7/h8H,6-7,11-12H2,1-5H3;5-8H,2-4H2,1H3. The second-order valence-electron chi connectivity index (χ2n) is 6.46. The van der Waals surface area contributed by atoms with Gasteiger partial charge in [0.2, 0.25) is 0 Å². The molecule has 0 aliphatic carbocycles. The maximum Gasteiger partial charge on any atom is 0.0662 e. The Morgan fingerprint density at radius 1 is 1.10 bits per heavy atom. The minimum atomic E-state index is -0.582. The van der Waals surface area contributed by atoms with Gasteiger partial charge < -0.3 is 27.0 Å². The number of aliphatic hydroxyl groups is 2. The first-order valence-electron chi connectivity index (χ1n) is 7.57. The monoisotopic (exact) mass is 291 g/mol. The van der Waals surface area contributed by atoms with Crippen LogP contribution in [0.3, 0.4) is 0 Å². The Kier molecular flexibility index (Phi) is 11.6. The van der Waals surface area contributed by atoms with E-state index in [1.807, 2.05) is 13.8 Å². The molecule has 0 saturated heterocycles. The Morgan fingerprint density at radius 2 is 1.60 bits per heavy atom. The largest absolute Gasteiger partial charge is 0.395 e. The maximum absolute atomic E-state index is 8.42.